The molecule has 1 aromatic rings. The molecule has 0 amide bonds. The van der Waals surface area contributed by atoms with E-state index in [0.717, 1.165) is 5.30 Å². The second kappa shape index (κ2) is 5.01. The van der Waals surface area contributed by atoms with Gasteiger partial charge < -0.3 is 9.90 Å². The molecule has 1 aromatic carbocycles. The van der Waals surface area contributed by atoms with Crippen molar-refractivity contribution in [2.24, 2.45) is 0 Å². The van der Waals surface area contributed by atoms with Gasteiger partial charge in [-0.2, -0.15) is 0 Å². The molecule has 0 fully saturated rings. The summed E-state index contributed by atoms with van der Waals surface area (Å²) in [7, 11) is -0.470. The molecule has 0 atom stereocenters. The van der Waals surface area contributed by atoms with Gasteiger partial charge in [-0.1, -0.05) is 67.7 Å². The Morgan fingerprint density at radius 3 is 1.94 bits per heavy atom. The van der Waals surface area contributed by atoms with Crippen LogP contribution in [0.2, 0.25) is 0 Å². The first-order valence-corrected chi connectivity index (χ1v) is 7.49. The lowest BCUT2D eigenvalue weighted by Crippen LogP contribution is -2.32. The molecule has 0 bridgehead atoms. The fourth-order valence-corrected chi connectivity index (χ4v) is 6.62. The third-order valence-corrected chi connectivity index (χ3v) is 6.16. The summed E-state index contributed by atoms with van der Waals surface area (Å²) in [6, 6.07) is 7.22. The number of hydrogen-bond acceptors (Lipinski definition) is 2. The van der Waals surface area contributed by atoms with Crippen LogP contribution in [0.5, 0.6) is 0 Å². The number of carbonyl (C=O) groups excluding carboxylic acids is 1. The molecule has 2 nitrogen and oxygen atoms in total. The summed E-state index contributed by atoms with van der Waals surface area (Å²) in [6.07, 6.45) is 0. The van der Waals surface area contributed by atoms with E-state index in [1.54, 1.807) is 12.1 Å². The Kier molecular flexibility index (Phi) is 4.23. The zero-order chi connectivity index (χ0) is 14.1. The second-order valence-corrected chi connectivity index (χ2v) is 10.4. The van der Waals surface area contributed by atoms with Gasteiger partial charge >= 0.3 is 0 Å². The third-order valence-electron chi connectivity index (χ3n) is 2.68. The average molecular weight is 265 g/mol. The molecular weight excluding hydrogens is 243 g/mol. The molecule has 1 rings (SSSR count). The standard InChI is InChI=1S/C15H23O2P/c1-14(2,3)18(15(4,5)6)12-9-7-8-11(10-12)13(16)17/h7-10H,1-6H3,(H,16,17)/p-1. The van der Waals surface area contributed by atoms with Gasteiger partial charge in [0, 0.05) is 0 Å². The summed E-state index contributed by atoms with van der Waals surface area (Å²) in [6.45, 7) is 13.3. The molecule has 0 radical (unpaired) electrons. The van der Waals surface area contributed by atoms with Gasteiger partial charge in [0.2, 0.25) is 0 Å². The van der Waals surface area contributed by atoms with Crippen LogP contribution in [0, 0.1) is 0 Å². The first-order chi connectivity index (χ1) is 8.03. The van der Waals surface area contributed by atoms with Gasteiger partial charge in [0.15, 0.2) is 0 Å². The second-order valence-electron chi connectivity index (χ2n) is 6.51. The molecule has 0 saturated carbocycles. The van der Waals surface area contributed by atoms with Crippen molar-refractivity contribution in [3.8, 4) is 0 Å². The maximum Gasteiger partial charge on any atom is 0.0715 e. The van der Waals surface area contributed by atoms with Crippen molar-refractivity contribution >= 4 is 19.2 Å². The topological polar surface area (TPSA) is 40.1 Å². The van der Waals surface area contributed by atoms with Gasteiger partial charge in [-0.15, -0.1) is 0 Å². The summed E-state index contributed by atoms with van der Waals surface area (Å²) < 4.78 is 0. The highest BCUT2D eigenvalue weighted by atomic mass is 31.1. The van der Waals surface area contributed by atoms with Crippen LogP contribution in [0.1, 0.15) is 51.9 Å². The van der Waals surface area contributed by atoms with Crippen LogP contribution in [0.4, 0.5) is 0 Å². The van der Waals surface area contributed by atoms with Crippen LogP contribution < -0.4 is 10.4 Å². The molecule has 0 unspecified atom stereocenters. The molecule has 3 heteroatoms. The zero-order valence-corrected chi connectivity index (χ0v) is 13.0. The summed E-state index contributed by atoms with van der Waals surface area (Å²) in [5.74, 6) is -1.10. The normalized spacial score (nSPS) is 12.8. The molecule has 18 heavy (non-hydrogen) atoms. The van der Waals surface area contributed by atoms with Gasteiger partial charge in [0.05, 0.1) is 5.97 Å². The maximum absolute atomic E-state index is 11.0. The third kappa shape index (κ3) is 3.55. The molecule has 100 valence electrons. The molecule has 0 N–H and O–H groups in total. The Labute approximate surface area is 111 Å². The van der Waals surface area contributed by atoms with E-state index in [1.807, 2.05) is 12.1 Å². The van der Waals surface area contributed by atoms with E-state index in [-0.39, 0.29) is 15.9 Å². The molecule has 0 aliphatic rings. The van der Waals surface area contributed by atoms with Crippen molar-refractivity contribution in [3.63, 3.8) is 0 Å². The van der Waals surface area contributed by atoms with E-state index < -0.39 is 13.9 Å². The van der Waals surface area contributed by atoms with Crippen LogP contribution in [0.3, 0.4) is 0 Å². The van der Waals surface area contributed by atoms with Crippen LogP contribution >= 0.6 is 7.92 Å². The van der Waals surface area contributed by atoms with Crippen molar-refractivity contribution in [2.45, 2.75) is 51.9 Å². The van der Waals surface area contributed by atoms with Crippen LogP contribution in [0.15, 0.2) is 24.3 Å². The smallest absolute Gasteiger partial charge is 0.0715 e. The van der Waals surface area contributed by atoms with E-state index >= 15 is 0 Å². The monoisotopic (exact) mass is 265 g/mol. The van der Waals surface area contributed by atoms with Gasteiger partial charge in [0.25, 0.3) is 0 Å². The highest BCUT2D eigenvalue weighted by Crippen LogP contribution is 2.58. The van der Waals surface area contributed by atoms with Gasteiger partial charge in [-0.3, -0.25) is 0 Å². The van der Waals surface area contributed by atoms with E-state index in [9.17, 15) is 9.90 Å². The molecule has 0 spiro atoms. The number of aromatic carboxylic acids is 1. The molecule has 0 aliphatic carbocycles. The minimum Gasteiger partial charge on any atom is -0.545 e. The molecule has 0 heterocycles. The first-order valence-electron chi connectivity index (χ1n) is 6.15. The Balaban J connectivity index is 3.31. The summed E-state index contributed by atoms with van der Waals surface area (Å²) in [5, 5.41) is 12.4. The number of rotatable bonds is 2. The number of hydrogen-bond donors (Lipinski definition) is 0. The molecule has 0 aromatic heterocycles. The van der Waals surface area contributed by atoms with E-state index in [2.05, 4.69) is 41.5 Å². The van der Waals surface area contributed by atoms with Gasteiger partial charge in [0.1, 0.15) is 0 Å². The fourth-order valence-electron chi connectivity index (χ4n) is 2.55. The Hall–Kier alpha value is -0.880. The van der Waals surface area contributed by atoms with Crippen molar-refractivity contribution < 1.29 is 9.90 Å². The Bertz CT molecular complexity index is 425. The predicted molar refractivity (Wildman–Crippen MR) is 76.8 cm³/mol. The predicted octanol–water partition coefficient (Wildman–Crippen LogP) is 2.75. The quantitative estimate of drug-likeness (QED) is 0.771. The van der Waals surface area contributed by atoms with Crippen molar-refractivity contribution in [1.82, 2.24) is 0 Å². The van der Waals surface area contributed by atoms with Crippen LogP contribution in [-0.4, -0.2) is 16.3 Å². The molecule has 0 saturated heterocycles. The van der Waals surface area contributed by atoms with Crippen LogP contribution in [-0.2, 0) is 0 Å². The van der Waals surface area contributed by atoms with Gasteiger partial charge in [-0.25, -0.2) is 0 Å². The Morgan fingerprint density at radius 2 is 1.56 bits per heavy atom. The lowest BCUT2D eigenvalue weighted by atomic mass is 10.2. The number of carboxylic acids is 1. The lowest BCUT2D eigenvalue weighted by molar-refractivity contribution is -0.255. The molecular formula is C15H22O2P-. The van der Waals surface area contributed by atoms with Crippen molar-refractivity contribution in [3.05, 3.63) is 29.8 Å². The highest BCUT2D eigenvalue weighted by Gasteiger charge is 2.35. The number of carbonyl (C=O) groups is 1. The summed E-state index contributed by atoms with van der Waals surface area (Å²) >= 11 is 0. The maximum atomic E-state index is 11.0. The van der Waals surface area contributed by atoms with E-state index in [4.69, 9.17) is 0 Å². The van der Waals surface area contributed by atoms with Crippen molar-refractivity contribution in [2.75, 3.05) is 0 Å². The highest BCUT2D eigenvalue weighted by molar-refractivity contribution is 7.68. The average Bonchev–Trinajstić information content (AvgIpc) is 2.13. The van der Waals surface area contributed by atoms with Gasteiger partial charge in [-0.05, 0) is 27.2 Å². The Morgan fingerprint density at radius 1 is 1.06 bits per heavy atom. The fraction of sp³-hybridized carbons (Fsp3) is 0.533. The van der Waals surface area contributed by atoms with E-state index in [1.165, 1.54) is 0 Å². The first kappa shape index (κ1) is 15.2. The summed E-state index contributed by atoms with van der Waals surface area (Å²) in [4.78, 5) is 11.0. The number of benzene rings is 1. The van der Waals surface area contributed by atoms with Crippen LogP contribution in [0.25, 0.3) is 0 Å². The van der Waals surface area contributed by atoms with Crippen molar-refractivity contribution in [1.29, 1.82) is 0 Å². The minimum absolute atomic E-state index is 0.137. The number of carboxylic acid groups (broad SMARTS) is 1. The minimum atomic E-state index is -1.10. The SMILES string of the molecule is CC(C)(C)P(c1cccc(C(=O)[O-])c1)C(C)(C)C. The largest absolute Gasteiger partial charge is 0.545 e. The van der Waals surface area contributed by atoms with E-state index in [0.29, 0.717) is 0 Å². The lowest BCUT2D eigenvalue weighted by Gasteiger charge is -2.42. The summed E-state index contributed by atoms with van der Waals surface area (Å²) in [5.41, 5.74) is 0.272. The molecule has 0 aliphatic heterocycles. The zero-order valence-electron chi connectivity index (χ0n) is 12.1.